The highest BCUT2D eigenvalue weighted by Crippen LogP contribution is 2.27. The van der Waals surface area contributed by atoms with Crippen LogP contribution in [0.5, 0.6) is 0 Å². The number of nitrogens with one attached hydrogen (secondary N) is 1. The van der Waals surface area contributed by atoms with Gasteiger partial charge >= 0.3 is 0 Å². The molecule has 3 nitrogen and oxygen atoms in total. The lowest BCUT2D eigenvalue weighted by molar-refractivity contribution is -0.138. The van der Waals surface area contributed by atoms with Crippen LogP contribution in [0.3, 0.4) is 0 Å². The normalized spacial score (nSPS) is 30.4. The Hall–Kier alpha value is -0.570. The van der Waals surface area contributed by atoms with E-state index in [4.69, 9.17) is 0 Å². The van der Waals surface area contributed by atoms with E-state index in [2.05, 4.69) is 24.1 Å². The smallest absolute Gasteiger partial charge is 0.225 e. The number of hydrogen-bond acceptors (Lipinski definition) is 2. The molecule has 2 rings (SSSR count). The molecule has 0 aromatic rings. The number of piperidine rings is 1. The molecule has 3 heteroatoms. The van der Waals surface area contributed by atoms with E-state index in [1.54, 1.807) is 0 Å². The average molecular weight is 252 g/mol. The summed E-state index contributed by atoms with van der Waals surface area (Å²) in [5.41, 5.74) is 0. The molecule has 0 aromatic carbocycles. The van der Waals surface area contributed by atoms with Crippen molar-refractivity contribution in [3.05, 3.63) is 0 Å². The van der Waals surface area contributed by atoms with Gasteiger partial charge < -0.3 is 10.2 Å². The summed E-state index contributed by atoms with van der Waals surface area (Å²) >= 11 is 0. The summed E-state index contributed by atoms with van der Waals surface area (Å²) in [4.78, 5) is 14.6. The van der Waals surface area contributed by atoms with Crippen molar-refractivity contribution in [3.63, 3.8) is 0 Å². The van der Waals surface area contributed by atoms with Crippen molar-refractivity contribution in [2.45, 2.75) is 58.4 Å². The van der Waals surface area contributed by atoms with Crippen LogP contribution in [0, 0.1) is 11.8 Å². The van der Waals surface area contributed by atoms with Gasteiger partial charge in [0.25, 0.3) is 0 Å². The Balaban J connectivity index is 1.85. The van der Waals surface area contributed by atoms with Gasteiger partial charge in [-0.1, -0.05) is 33.1 Å². The van der Waals surface area contributed by atoms with E-state index in [0.29, 0.717) is 23.8 Å². The van der Waals surface area contributed by atoms with Crippen LogP contribution in [0.1, 0.15) is 52.4 Å². The quantitative estimate of drug-likeness (QED) is 0.836. The number of carbonyl (C=O) groups is 1. The Kier molecular flexibility index (Phi) is 5.04. The van der Waals surface area contributed by atoms with Gasteiger partial charge in [-0.3, -0.25) is 4.79 Å². The number of amides is 1. The third-order valence-electron chi connectivity index (χ3n) is 4.64. The van der Waals surface area contributed by atoms with Crippen molar-refractivity contribution < 1.29 is 4.79 Å². The molecule has 18 heavy (non-hydrogen) atoms. The zero-order valence-electron chi connectivity index (χ0n) is 12.0. The molecule has 1 aliphatic carbocycles. The van der Waals surface area contributed by atoms with E-state index < -0.39 is 0 Å². The van der Waals surface area contributed by atoms with Crippen LogP contribution in [0.2, 0.25) is 0 Å². The largest absolute Gasteiger partial charge is 0.342 e. The molecule has 2 unspecified atom stereocenters. The molecular weight excluding hydrogens is 224 g/mol. The van der Waals surface area contributed by atoms with Crippen LogP contribution >= 0.6 is 0 Å². The van der Waals surface area contributed by atoms with Crippen LogP contribution < -0.4 is 5.32 Å². The molecule has 2 aliphatic rings. The summed E-state index contributed by atoms with van der Waals surface area (Å²) in [6.07, 6.45) is 7.19. The molecular formula is C15H28N2O. The second-order valence-corrected chi connectivity index (χ2v) is 6.05. The fourth-order valence-electron chi connectivity index (χ4n) is 3.52. The third kappa shape index (κ3) is 3.25. The fourth-order valence-corrected chi connectivity index (χ4v) is 3.52. The first-order valence-corrected chi connectivity index (χ1v) is 7.74. The van der Waals surface area contributed by atoms with E-state index in [1.165, 1.54) is 19.3 Å². The Morgan fingerprint density at radius 2 is 1.94 bits per heavy atom. The molecule has 1 aliphatic heterocycles. The maximum Gasteiger partial charge on any atom is 0.225 e. The van der Waals surface area contributed by atoms with Gasteiger partial charge in [0.05, 0.1) is 0 Å². The summed E-state index contributed by atoms with van der Waals surface area (Å²) in [5, 5.41) is 3.54. The van der Waals surface area contributed by atoms with E-state index in [0.717, 1.165) is 38.9 Å². The molecule has 0 radical (unpaired) electrons. The Morgan fingerprint density at radius 1 is 1.22 bits per heavy atom. The van der Waals surface area contributed by atoms with Crippen LogP contribution in [0.4, 0.5) is 0 Å². The highest BCUT2D eigenvalue weighted by Gasteiger charge is 2.31. The molecule has 1 saturated heterocycles. The van der Waals surface area contributed by atoms with Gasteiger partial charge in [-0.15, -0.1) is 0 Å². The number of likely N-dealkylation sites (tertiary alicyclic amines) is 1. The lowest BCUT2D eigenvalue weighted by Crippen LogP contribution is -2.51. The summed E-state index contributed by atoms with van der Waals surface area (Å²) in [7, 11) is 0. The molecule has 1 heterocycles. The lowest BCUT2D eigenvalue weighted by Gasteiger charge is -2.39. The van der Waals surface area contributed by atoms with Crippen molar-refractivity contribution >= 4 is 5.91 Å². The predicted octanol–water partition coefficient (Wildman–Crippen LogP) is 2.41. The van der Waals surface area contributed by atoms with Crippen molar-refractivity contribution in [3.8, 4) is 0 Å². The standard InChI is InChI=1S/C15H28N2O/c1-3-16-14-9-10-17(11-12(14)2)15(18)13-7-5-4-6-8-13/h12-14,16H,3-11H2,1-2H3. The lowest BCUT2D eigenvalue weighted by atomic mass is 9.86. The molecule has 2 fully saturated rings. The Labute approximate surface area is 111 Å². The fraction of sp³-hybridized carbons (Fsp3) is 0.933. The highest BCUT2D eigenvalue weighted by molar-refractivity contribution is 5.79. The minimum absolute atomic E-state index is 0.335. The predicted molar refractivity (Wildman–Crippen MR) is 74.4 cm³/mol. The summed E-state index contributed by atoms with van der Waals surface area (Å²) in [5.74, 6) is 1.37. The summed E-state index contributed by atoms with van der Waals surface area (Å²) in [6, 6.07) is 0.602. The van der Waals surface area contributed by atoms with E-state index >= 15 is 0 Å². The zero-order chi connectivity index (χ0) is 13.0. The third-order valence-corrected chi connectivity index (χ3v) is 4.64. The van der Waals surface area contributed by atoms with Gasteiger partial charge in [0.2, 0.25) is 5.91 Å². The first-order valence-electron chi connectivity index (χ1n) is 7.74. The Bertz CT molecular complexity index is 274. The summed E-state index contributed by atoms with van der Waals surface area (Å²) < 4.78 is 0. The van der Waals surface area contributed by atoms with Crippen molar-refractivity contribution in [1.82, 2.24) is 10.2 Å². The molecule has 1 N–H and O–H groups in total. The Morgan fingerprint density at radius 3 is 2.56 bits per heavy atom. The molecule has 0 bridgehead atoms. The van der Waals surface area contributed by atoms with Gasteiger partial charge in [0.15, 0.2) is 0 Å². The highest BCUT2D eigenvalue weighted by atomic mass is 16.2. The van der Waals surface area contributed by atoms with E-state index in [-0.39, 0.29) is 0 Å². The van der Waals surface area contributed by atoms with Gasteiger partial charge in [0.1, 0.15) is 0 Å². The van der Waals surface area contributed by atoms with Crippen LogP contribution in [-0.4, -0.2) is 36.5 Å². The van der Waals surface area contributed by atoms with Crippen LogP contribution in [0.25, 0.3) is 0 Å². The van der Waals surface area contributed by atoms with E-state index in [1.807, 2.05) is 0 Å². The number of carbonyl (C=O) groups excluding carboxylic acids is 1. The minimum Gasteiger partial charge on any atom is -0.342 e. The van der Waals surface area contributed by atoms with Gasteiger partial charge in [0, 0.05) is 25.0 Å². The molecule has 2 atom stereocenters. The second kappa shape index (κ2) is 6.55. The number of nitrogens with zero attached hydrogens (tertiary/aromatic N) is 1. The summed E-state index contributed by atoms with van der Waals surface area (Å²) in [6.45, 7) is 7.37. The molecule has 0 aromatic heterocycles. The maximum atomic E-state index is 12.5. The molecule has 0 spiro atoms. The van der Waals surface area contributed by atoms with Gasteiger partial charge in [-0.25, -0.2) is 0 Å². The van der Waals surface area contributed by atoms with E-state index in [9.17, 15) is 4.79 Å². The second-order valence-electron chi connectivity index (χ2n) is 6.05. The van der Waals surface area contributed by atoms with Crippen molar-refractivity contribution in [1.29, 1.82) is 0 Å². The number of hydrogen-bond donors (Lipinski definition) is 1. The van der Waals surface area contributed by atoms with Crippen LogP contribution in [-0.2, 0) is 4.79 Å². The zero-order valence-corrected chi connectivity index (χ0v) is 12.0. The minimum atomic E-state index is 0.335. The first-order chi connectivity index (χ1) is 8.72. The average Bonchev–Trinajstić information content (AvgIpc) is 2.41. The monoisotopic (exact) mass is 252 g/mol. The maximum absolute atomic E-state index is 12.5. The number of rotatable bonds is 3. The van der Waals surface area contributed by atoms with Gasteiger partial charge in [-0.05, 0) is 31.7 Å². The SMILES string of the molecule is CCNC1CCN(C(=O)C2CCCCC2)CC1C. The van der Waals surface area contributed by atoms with Crippen LogP contribution in [0.15, 0.2) is 0 Å². The molecule has 1 amide bonds. The first kappa shape index (κ1) is 13.9. The molecule has 104 valence electrons. The van der Waals surface area contributed by atoms with Gasteiger partial charge in [-0.2, -0.15) is 0 Å². The molecule has 1 saturated carbocycles. The van der Waals surface area contributed by atoms with Crippen molar-refractivity contribution in [2.24, 2.45) is 11.8 Å². The van der Waals surface area contributed by atoms with Crippen molar-refractivity contribution in [2.75, 3.05) is 19.6 Å². The topological polar surface area (TPSA) is 32.3 Å².